The van der Waals surface area contributed by atoms with E-state index in [1.54, 1.807) is 26.0 Å². The van der Waals surface area contributed by atoms with E-state index < -0.39 is 67.2 Å². The Morgan fingerprint density at radius 2 is 1.72 bits per heavy atom. The fraction of sp³-hybridized carbons (Fsp3) is 0.375. The van der Waals surface area contributed by atoms with Crippen molar-refractivity contribution < 1.29 is 40.7 Å². The molecule has 2 aromatic rings. The molecule has 1 aliphatic rings. The predicted molar refractivity (Wildman–Crippen MR) is 136 cm³/mol. The summed E-state index contributed by atoms with van der Waals surface area (Å²) in [6.07, 6.45) is -4.63. The summed E-state index contributed by atoms with van der Waals surface area (Å²) in [5.74, 6) is -2.54. The zero-order valence-corrected chi connectivity index (χ0v) is 22.8. The lowest BCUT2D eigenvalue weighted by atomic mass is 10.0. The van der Waals surface area contributed by atoms with Crippen molar-refractivity contribution in [3.63, 3.8) is 0 Å². The first-order valence-electron chi connectivity index (χ1n) is 11.5. The van der Waals surface area contributed by atoms with E-state index in [1.807, 2.05) is 0 Å². The van der Waals surface area contributed by atoms with E-state index in [-0.39, 0.29) is 5.84 Å². The first-order valence-corrected chi connectivity index (χ1v) is 13.0. The van der Waals surface area contributed by atoms with E-state index in [2.05, 4.69) is 15.0 Å². The minimum atomic E-state index is -4.98. The van der Waals surface area contributed by atoms with Crippen LogP contribution < -0.4 is 10.0 Å². The van der Waals surface area contributed by atoms with Crippen LogP contribution in [0.25, 0.3) is 0 Å². The maximum absolute atomic E-state index is 13.7. The number of benzene rings is 1. The summed E-state index contributed by atoms with van der Waals surface area (Å²) in [5, 5.41) is 13.4. The highest BCUT2D eigenvalue weighted by molar-refractivity contribution is 7.95. The number of furan rings is 1. The quantitative estimate of drug-likeness (QED) is 0.433. The van der Waals surface area contributed by atoms with Crippen LogP contribution >= 0.6 is 0 Å². The van der Waals surface area contributed by atoms with Gasteiger partial charge in [-0.05, 0) is 37.6 Å². The molecule has 3 rings (SSSR count). The number of amides is 2. The third-order valence-corrected chi connectivity index (χ3v) is 7.07. The van der Waals surface area contributed by atoms with Crippen molar-refractivity contribution in [3.8, 4) is 5.75 Å². The summed E-state index contributed by atoms with van der Waals surface area (Å²) in [5.41, 5.74) is -3.33. The number of nitrogens with zero attached hydrogens (tertiary/aromatic N) is 3. The Labute approximate surface area is 223 Å². The number of phenols is 1. The maximum Gasteiger partial charge on any atom is 0.417 e. The highest BCUT2D eigenvalue weighted by atomic mass is 32.2. The molecule has 1 aromatic carbocycles. The van der Waals surface area contributed by atoms with Crippen molar-refractivity contribution >= 4 is 33.4 Å². The van der Waals surface area contributed by atoms with Gasteiger partial charge in [-0.3, -0.25) is 19.3 Å². The fourth-order valence-electron chi connectivity index (χ4n) is 3.75. The second kappa shape index (κ2) is 10.6. The highest BCUT2D eigenvalue weighted by Crippen LogP contribution is 2.41. The number of halogens is 3. The van der Waals surface area contributed by atoms with E-state index in [0.29, 0.717) is 24.0 Å². The average molecular weight is 572 g/mol. The molecular formula is C24H28F3N5O6S. The number of carbonyl (C=O) groups excluding carboxylic acids is 2. The normalized spacial score (nSPS) is 16.7. The number of aliphatic imine (C=N–C) groups is 1. The van der Waals surface area contributed by atoms with Gasteiger partial charge in [0.1, 0.15) is 23.3 Å². The molecule has 0 radical (unpaired) electrons. The van der Waals surface area contributed by atoms with E-state index in [1.165, 1.54) is 28.2 Å². The molecule has 1 atom stereocenters. The molecule has 11 nitrogen and oxygen atoms in total. The second-order valence-electron chi connectivity index (χ2n) is 9.07. The lowest BCUT2D eigenvalue weighted by molar-refractivity contribution is -0.138. The Bertz CT molecular complexity index is 1480. The van der Waals surface area contributed by atoms with E-state index in [0.717, 1.165) is 15.9 Å². The SMILES string of the molecule is CCC(N=C1NS(=O)(=O)C(C(=O)N(C)C)=C1Nc1ccc(C(F)(F)F)c(C(=O)N(C)C)c1O)c1ccc(C)o1. The Morgan fingerprint density at radius 1 is 1.10 bits per heavy atom. The average Bonchev–Trinajstić information content (AvgIpc) is 3.36. The molecule has 3 N–H and O–H groups in total. The molecule has 212 valence electrons. The van der Waals surface area contributed by atoms with Gasteiger partial charge in [0, 0.05) is 28.2 Å². The number of nitrogens with one attached hydrogen (secondary N) is 2. The number of aryl methyl sites for hydroxylation is 1. The molecule has 39 heavy (non-hydrogen) atoms. The summed E-state index contributed by atoms with van der Waals surface area (Å²) >= 11 is 0. The highest BCUT2D eigenvalue weighted by Gasteiger charge is 2.42. The molecule has 15 heteroatoms. The minimum Gasteiger partial charge on any atom is -0.505 e. The molecular weight excluding hydrogens is 543 g/mol. The van der Waals surface area contributed by atoms with Crippen molar-refractivity contribution in [2.75, 3.05) is 33.5 Å². The summed E-state index contributed by atoms with van der Waals surface area (Å²) in [6.45, 7) is 3.47. The molecule has 0 saturated carbocycles. The third-order valence-electron chi connectivity index (χ3n) is 5.69. The Hall–Kier alpha value is -4.01. The van der Waals surface area contributed by atoms with Gasteiger partial charge in [-0.1, -0.05) is 6.92 Å². The molecule has 0 fully saturated rings. The van der Waals surface area contributed by atoms with E-state index in [9.17, 15) is 36.3 Å². The lowest BCUT2D eigenvalue weighted by Crippen LogP contribution is -2.30. The minimum absolute atomic E-state index is 0.333. The number of hydrogen-bond donors (Lipinski definition) is 3. The number of alkyl halides is 3. The number of carbonyl (C=O) groups is 2. The number of amidine groups is 1. The Balaban J connectivity index is 2.27. The Morgan fingerprint density at radius 3 is 2.21 bits per heavy atom. The van der Waals surface area contributed by atoms with Crippen LogP contribution in [-0.4, -0.2) is 69.2 Å². The number of anilines is 1. The topological polar surface area (TPSA) is 145 Å². The van der Waals surface area contributed by atoms with Gasteiger partial charge in [0.2, 0.25) is 0 Å². The fourth-order valence-corrected chi connectivity index (χ4v) is 5.09. The van der Waals surface area contributed by atoms with Crippen LogP contribution in [0.2, 0.25) is 0 Å². The largest absolute Gasteiger partial charge is 0.505 e. The molecule has 1 aliphatic heterocycles. The molecule has 2 heterocycles. The molecule has 0 aliphatic carbocycles. The molecule has 0 saturated heterocycles. The summed E-state index contributed by atoms with van der Waals surface area (Å²) in [4.78, 5) is 31.0. The zero-order valence-electron chi connectivity index (χ0n) is 22.0. The van der Waals surface area contributed by atoms with Crippen molar-refractivity contribution in [1.82, 2.24) is 14.5 Å². The first-order chi connectivity index (χ1) is 18.0. The molecule has 1 unspecified atom stereocenters. The van der Waals surface area contributed by atoms with Crippen molar-refractivity contribution in [1.29, 1.82) is 0 Å². The molecule has 0 spiro atoms. The van der Waals surface area contributed by atoms with Gasteiger partial charge in [-0.15, -0.1) is 0 Å². The van der Waals surface area contributed by atoms with Gasteiger partial charge in [0.05, 0.1) is 16.8 Å². The van der Waals surface area contributed by atoms with Gasteiger partial charge >= 0.3 is 6.18 Å². The van der Waals surface area contributed by atoms with E-state index in [4.69, 9.17) is 4.42 Å². The van der Waals surface area contributed by atoms with Crippen LogP contribution in [0.4, 0.5) is 18.9 Å². The number of aromatic hydroxyl groups is 1. The number of rotatable bonds is 7. The zero-order chi connectivity index (χ0) is 29.4. The van der Waals surface area contributed by atoms with Crippen LogP contribution in [-0.2, 0) is 21.0 Å². The summed E-state index contributed by atoms with van der Waals surface area (Å²) < 4.78 is 74.9. The molecule has 2 amide bonds. The van der Waals surface area contributed by atoms with Gasteiger partial charge in [0.25, 0.3) is 21.8 Å². The Kier molecular flexibility index (Phi) is 8.05. The summed E-state index contributed by atoms with van der Waals surface area (Å²) in [6, 6.07) is 4.04. The van der Waals surface area contributed by atoms with Gasteiger partial charge < -0.3 is 24.6 Å². The van der Waals surface area contributed by atoms with Crippen LogP contribution in [0.5, 0.6) is 5.75 Å². The van der Waals surface area contributed by atoms with Crippen molar-refractivity contribution in [2.24, 2.45) is 4.99 Å². The monoisotopic (exact) mass is 571 g/mol. The third kappa shape index (κ3) is 5.87. The molecule has 1 aromatic heterocycles. The van der Waals surface area contributed by atoms with Gasteiger partial charge in [-0.25, -0.2) is 8.42 Å². The van der Waals surface area contributed by atoms with Crippen LogP contribution in [0.3, 0.4) is 0 Å². The number of sulfonamides is 1. The number of likely N-dealkylation sites (N-methyl/N-ethyl adjacent to an activating group) is 1. The lowest BCUT2D eigenvalue weighted by Gasteiger charge is -2.20. The van der Waals surface area contributed by atoms with Crippen LogP contribution in [0.1, 0.15) is 46.8 Å². The van der Waals surface area contributed by atoms with Crippen LogP contribution in [0.15, 0.2) is 44.3 Å². The van der Waals surface area contributed by atoms with Crippen molar-refractivity contribution in [3.05, 3.63) is 57.5 Å². The second-order valence-corrected chi connectivity index (χ2v) is 10.7. The standard InChI is InChI=1S/C24H28F3N5O6S/c1-7-14(16-11-8-12(2)38-16)29-21-18(20(23(35)32(5)6)39(36,37)30-21)28-15-10-9-13(24(25,26)27)17(19(15)33)22(34)31(3)4/h8-11,14,28,33H,7H2,1-6H3,(H,29,30). The number of hydrogen-bond acceptors (Lipinski definition) is 8. The van der Waals surface area contributed by atoms with E-state index >= 15 is 0 Å². The smallest absolute Gasteiger partial charge is 0.417 e. The maximum atomic E-state index is 13.7. The van der Waals surface area contributed by atoms with Gasteiger partial charge in [0.15, 0.2) is 16.5 Å². The van der Waals surface area contributed by atoms with Gasteiger partial charge in [-0.2, -0.15) is 13.2 Å². The summed E-state index contributed by atoms with van der Waals surface area (Å²) in [7, 11) is 0.540. The predicted octanol–water partition coefficient (Wildman–Crippen LogP) is 3.21. The number of phenolic OH excluding ortho intramolecular Hbond substituents is 1. The molecule has 0 bridgehead atoms. The first kappa shape index (κ1) is 29.5. The van der Waals surface area contributed by atoms with Crippen molar-refractivity contribution in [2.45, 2.75) is 32.5 Å². The van der Waals surface area contributed by atoms with Crippen LogP contribution in [0, 0.1) is 6.92 Å².